The largest absolute Gasteiger partial charge is 0.338 e. The summed E-state index contributed by atoms with van der Waals surface area (Å²) in [6.07, 6.45) is 2.39. The third-order valence-corrected chi connectivity index (χ3v) is 3.16. The van der Waals surface area contributed by atoms with Gasteiger partial charge in [0.2, 0.25) is 5.91 Å². The number of hydrogen-bond acceptors (Lipinski definition) is 2. The van der Waals surface area contributed by atoms with Crippen molar-refractivity contribution in [1.29, 1.82) is 0 Å². The Balaban J connectivity index is 2.10. The number of likely N-dealkylation sites (tertiary alicyclic amines) is 1. The molecule has 1 atom stereocenters. The molecule has 0 bridgehead atoms. The minimum atomic E-state index is -0.295. The lowest BCUT2D eigenvalue weighted by molar-refractivity contribution is -0.125. The van der Waals surface area contributed by atoms with Crippen LogP contribution in [0.5, 0.6) is 0 Å². The molecule has 1 aliphatic rings. The van der Waals surface area contributed by atoms with Gasteiger partial charge in [0, 0.05) is 25.2 Å². The van der Waals surface area contributed by atoms with Crippen molar-refractivity contribution in [3.05, 3.63) is 41.7 Å². The smallest absolute Gasteiger partial charge is 0.246 e. The van der Waals surface area contributed by atoms with E-state index in [1.165, 1.54) is 12.1 Å². The quantitative estimate of drug-likeness (QED) is 0.811. The lowest BCUT2D eigenvalue weighted by atomic mass is 10.1. The molecule has 1 aliphatic heterocycles. The Morgan fingerprint density at radius 3 is 2.94 bits per heavy atom. The molecule has 3 nitrogen and oxygen atoms in total. The van der Waals surface area contributed by atoms with Crippen molar-refractivity contribution in [3.8, 4) is 0 Å². The summed E-state index contributed by atoms with van der Waals surface area (Å²) in [5.41, 5.74) is 7.25. The van der Waals surface area contributed by atoms with Crippen molar-refractivity contribution in [2.75, 3.05) is 13.1 Å². The van der Waals surface area contributed by atoms with Gasteiger partial charge >= 0.3 is 0 Å². The van der Waals surface area contributed by atoms with Gasteiger partial charge in [0.15, 0.2) is 0 Å². The van der Waals surface area contributed by atoms with Crippen LogP contribution in [-0.2, 0) is 4.79 Å². The molecule has 1 aromatic rings. The molecule has 1 saturated heterocycles. The molecule has 0 radical (unpaired) electrons. The monoisotopic (exact) mass is 248 g/mol. The topological polar surface area (TPSA) is 46.3 Å². The van der Waals surface area contributed by atoms with Crippen molar-refractivity contribution >= 4 is 11.5 Å². The van der Waals surface area contributed by atoms with E-state index in [2.05, 4.69) is 0 Å². The average Bonchev–Trinajstić information content (AvgIpc) is 2.76. The van der Waals surface area contributed by atoms with Gasteiger partial charge < -0.3 is 10.6 Å². The summed E-state index contributed by atoms with van der Waals surface area (Å²) in [4.78, 5) is 13.7. The van der Waals surface area contributed by atoms with Crippen LogP contribution in [0.1, 0.15) is 18.9 Å². The number of nitrogens with zero attached hydrogens (tertiary/aromatic N) is 1. The molecular weight excluding hydrogens is 231 g/mol. The van der Waals surface area contributed by atoms with Gasteiger partial charge in [0.1, 0.15) is 5.82 Å². The lowest BCUT2D eigenvalue weighted by Crippen LogP contribution is -2.30. The Labute approximate surface area is 106 Å². The molecule has 0 saturated carbocycles. The van der Waals surface area contributed by atoms with E-state index in [0.29, 0.717) is 13.1 Å². The molecule has 2 rings (SSSR count). The number of hydrogen-bond donors (Lipinski definition) is 1. The number of allylic oxidation sites excluding steroid dienone is 1. The van der Waals surface area contributed by atoms with E-state index in [1.807, 2.05) is 6.92 Å². The summed E-state index contributed by atoms with van der Waals surface area (Å²) >= 11 is 0. The minimum Gasteiger partial charge on any atom is -0.338 e. The molecule has 18 heavy (non-hydrogen) atoms. The van der Waals surface area contributed by atoms with Gasteiger partial charge in [0.05, 0.1) is 0 Å². The second kappa shape index (κ2) is 5.31. The number of carbonyl (C=O) groups excluding carboxylic acids is 1. The fraction of sp³-hybridized carbons (Fsp3) is 0.357. The van der Waals surface area contributed by atoms with E-state index >= 15 is 0 Å². The molecule has 4 heteroatoms. The molecule has 0 spiro atoms. The summed E-state index contributed by atoms with van der Waals surface area (Å²) in [5.74, 6) is -0.347. The minimum absolute atomic E-state index is 0.0512. The molecule has 1 aromatic carbocycles. The average molecular weight is 248 g/mol. The van der Waals surface area contributed by atoms with Gasteiger partial charge in [-0.3, -0.25) is 4.79 Å². The molecule has 96 valence electrons. The summed E-state index contributed by atoms with van der Waals surface area (Å²) in [6, 6.07) is 6.32. The van der Waals surface area contributed by atoms with Crippen LogP contribution in [0.15, 0.2) is 30.3 Å². The Hall–Kier alpha value is -1.68. The molecule has 1 fully saturated rings. The van der Waals surface area contributed by atoms with E-state index in [9.17, 15) is 9.18 Å². The predicted octanol–water partition coefficient (Wildman–Crippen LogP) is 1.79. The number of rotatable bonds is 2. The fourth-order valence-corrected chi connectivity index (χ4v) is 2.08. The van der Waals surface area contributed by atoms with Crippen molar-refractivity contribution < 1.29 is 9.18 Å². The van der Waals surface area contributed by atoms with E-state index < -0.39 is 0 Å². The lowest BCUT2D eigenvalue weighted by Gasteiger charge is -2.13. The van der Waals surface area contributed by atoms with Gasteiger partial charge in [-0.25, -0.2) is 4.39 Å². The zero-order chi connectivity index (χ0) is 13.1. The molecule has 1 amide bonds. The first-order chi connectivity index (χ1) is 8.56. The third-order valence-electron chi connectivity index (χ3n) is 3.16. The van der Waals surface area contributed by atoms with E-state index in [-0.39, 0.29) is 17.8 Å². The highest BCUT2D eigenvalue weighted by Gasteiger charge is 2.22. The zero-order valence-corrected chi connectivity index (χ0v) is 10.4. The second-order valence-corrected chi connectivity index (χ2v) is 4.67. The predicted molar refractivity (Wildman–Crippen MR) is 69.2 cm³/mol. The van der Waals surface area contributed by atoms with Crippen LogP contribution in [0.25, 0.3) is 5.57 Å². The summed E-state index contributed by atoms with van der Waals surface area (Å²) in [6.45, 7) is 3.11. The first-order valence-electron chi connectivity index (χ1n) is 6.05. The van der Waals surface area contributed by atoms with Crippen molar-refractivity contribution in [2.45, 2.75) is 19.4 Å². The van der Waals surface area contributed by atoms with Crippen LogP contribution in [0.3, 0.4) is 0 Å². The van der Waals surface area contributed by atoms with Gasteiger partial charge in [0.25, 0.3) is 0 Å². The number of benzene rings is 1. The molecule has 0 aliphatic carbocycles. The normalized spacial score (nSPS) is 20.3. The van der Waals surface area contributed by atoms with E-state index in [4.69, 9.17) is 5.73 Å². The maximum Gasteiger partial charge on any atom is 0.246 e. The maximum absolute atomic E-state index is 13.1. The van der Waals surface area contributed by atoms with Gasteiger partial charge in [-0.1, -0.05) is 12.1 Å². The van der Waals surface area contributed by atoms with Gasteiger partial charge in [-0.15, -0.1) is 0 Å². The van der Waals surface area contributed by atoms with Crippen molar-refractivity contribution in [2.24, 2.45) is 5.73 Å². The zero-order valence-electron chi connectivity index (χ0n) is 10.4. The number of halogens is 1. The Bertz CT molecular complexity index is 484. The number of carbonyl (C=O) groups is 1. The number of nitrogens with two attached hydrogens (primary N) is 1. The summed E-state index contributed by atoms with van der Waals surface area (Å²) in [7, 11) is 0. The van der Waals surface area contributed by atoms with Crippen molar-refractivity contribution in [1.82, 2.24) is 4.90 Å². The summed E-state index contributed by atoms with van der Waals surface area (Å²) < 4.78 is 13.1. The first kappa shape index (κ1) is 12.8. The van der Waals surface area contributed by atoms with Crippen LogP contribution in [0.2, 0.25) is 0 Å². The van der Waals surface area contributed by atoms with Crippen LogP contribution in [0.4, 0.5) is 4.39 Å². The SMILES string of the molecule is CC(=CC(=O)N1CC[C@H](N)C1)c1cccc(F)c1. The van der Waals surface area contributed by atoms with Crippen LogP contribution in [0, 0.1) is 5.82 Å². The number of amides is 1. The van der Waals surface area contributed by atoms with Crippen LogP contribution >= 0.6 is 0 Å². The van der Waals surface area contributed by atoms with Gasteiger partial charge in [-0.2, -0.15) is 0 Å². The molecule has 0 aromatic heterocycles. The van der Waals surface area contributed by atoms with Crippen molar-refractivity contribution in [3.63, 3.8) is 0 Å². The fourth-order valence-electron chi connectivity index (χ4n) is 2.08. The molecular formula is C14H17FN2O. The van der Waals surface area contributed by atoms with Gasteiger partial charge in [-0.05, 0) is 36.6 Å². The maximum atomic E-state index is 13.1. The molecule has 1 heterocycles. The highest BCUT2D eigenvalue weighted by Crippen LogP contribution is 2.16. The summed E-state index contributed by atoms with van der Waals surface area (Å²) in [5, 5.41) is 0. The Morgan fingerprint density at radius 1 is 1.56 bits per heavy atom. The van der Waals surface area contributed by atoms with Crippen LogP contribution in [-0.4, -0.2) is 29.9 Å². The standard InChI is InChI=1S/C14H17FN2O/c1-10(11-3-2-4-12(15)8-11)7-14(18)17-6-5-13(16)9-17/h2-4,7-8,13H,5-6,9,16H2,1H3/t13-/m0/s1. The first-order valence-corrected chi connectivity index (χ1v) is 6.05. The molecule has 0 unspecified atom stereocenters. The Kier molecular flexibility index (Phi) is 3.77. The van der Waals surface area contributed by atoms with Crippen LogP contribution < -0.4 is 5.73 Å². The highest BCUT2D eigenvalue weighted by molar-refractivity contribution is 5.95. The Morgan fingerprint density at radius 2 is 2.33 bits per heavy atom. The molecule has 2 N–H and O–H groups in total. The second-order valence-electron chi connectivity index (χ2n) is 4.67. The van der Waals surface area contributed by atoms with E-state index in [1.54, 1.807) is 23.1 Å². The highest BCUT2D eigenvalue weighted by atomic mass is 19.1. The third kappa shape index (κ3) is 2.96. The van der Waals surface area contributed by atoms with E-state index in [0.717, 1.165) is 17.6 Å².